The van der Waals surface area contributed by atoms with Crippen LogP contribution in [0.3, 0.4) is 0 Å². The summed E-state index contributed by atoms with van der Waals surface area (Å²) in [6, 6.07) is 9.71. The van der Waals surface area contributed by atoms with Gasteiger partial charge in [0.25, 0.3) is 0 Å². The summed E-state index contributed by atoms with van der Waals surface area (Å²) >= 11 is 3.51. The smallest absolute Gasteiger partial charge is 0.227 e. The third kappa shape index (κ3) is 4.04. The Balaban J connectivity index is 1.34. The summed E-state index contributed by atoms with van der Waals surface area (Å²) in [4.78, 5) is 18.7. The van der Waals surface area contributed by atoms with Gasteiger partial charge < -0.3 is 10.2 Å². The Hall–Kier alpha value is -2.81. The van der Waals surface area contributed by atoms with Gasteiger partial charge in [0.15, 0.2) is 11.6 Å². The number of nitrogens with zero attached hydrogens (tertiary/aromatic N) is 6. The second kappa shape index (κ2) is 8.05. The van der Waals surface area contributed by atoms with Crippen LogP contribution in [0.1, 0.15) is 18.4 Å². The summed E-state index contributed by atoms with van der Waals surface area (Å²) < 4.78 is 2.47. The van der Waals surface area contributed by atoms with E-state index >= 15 is 0 Å². The van der Waals surface area contributed by atoms with Crippen LogP contribution in [0.25, 0.3) is 5.82 Å². The summed E-state index contributed by atoms with van der Waals surface area (Å²) in [5.41, 5.74) is 1.96. The van der Waals surface area contributed by atoms with Crippen molar-refractivity contribution in [2.24, 2.45) is 5.92 Å². The van der Waals surface area contributed by atoms with Gasteiger partial charge in [-0.3, -0.25) is 4.79 Å². The number of hydrogen-bond donors (Lipinski definition) is 1. The molecule has 1 amide bonds. The van der Waals surface area contributed by atoms with Gasteiger partial charge in [-0.05, 0) is 65.5 Å². The van der Waals surface area contributed by atoms with Crippen LogP contribution in [0.4, 0.5) is 11.5 Å². The number of aryl methyl sites for hydroxylation is 1. The van der Waals surface area contributed by atoms with Crippen LogP contribution in [-0.4, -0.2) is 44.0 Å². The molecule has 0 aliphatic carbocycles. The van der Waals surface area contributed by atoms with E-state index in [9.17, 15) is 4.79 Å². The van der Waals surface area contributed by atoms with Gasteiger partial charge in [0, 0.05) is 23.5 Å². The van der Waals surface area contributed by atoms with Crippen LogP contribution >= 0.6 is 15.9 Å². The Morgan fingerprint density at radius 1 is 1.14 bits per heavy atom. The summed E-state index contributed by atoms with van der Waals surface area (Å²) in [6.45, 7) is 3.56. The molecule has 1 aliphatic heterocycles. The summed E-state index contributed by atoms with van der Waals surface area (Å²) in [5, 5.41) is 15.6. The zero-order valence-electron chi connectivity index (χ0n) is 15.4. The Bertz CT molecular complexity index is 951. The molecule has 28 heavy (non-hydrogen) atoms. The van der Waals surface area contributed by atoms with Crippen molar-refractivity contribution in [3.8, 4) is 5.82 Å². The van der Waals surface area contributed by atoms with E-state index in [1.54, 1.807) is 11.0 Å². The molecule has 0 radical (unpaired) electrons. The number of aromatic nitrogens is 5. The van der Waals surface area contributed by atoms with Crippen molar-refractivity contribution in [1.29, 1.82) is 0 Å². The molecule has 0 saturated carbocycles. The zero-order valence-corrected chi connectivity index (χ0v) is 17.0. The molecule has 4 rings (SSSR count). The molecule has 0 atom stereocenters. The number of amides is 1. The van der Waals surface area contributed by atoms with Gasteiger partial charge in [0.2, 0.25) is 5.91 Å². The van der Waals surface area contributed by atoms with Crippen molar-refractivity contribution in [2.75, 3.05) is 23.3 Å². The first-order chi connectivity index (χ1) is 13.6. The Kier molecular flexibility index (Phi) is 5.34. The number of carbonyl (C=O) groups excluding carboxylic acids is 1. The predicted octanol–water partition coefficient (Wildman–Crippen LogP) is 2.98. The first-order valence-electron chi connectivity index (χ1n) is 9.11. The molecule has 1 saturated heterocycles. The summed E-state index contributed by atoms with van der Waals surface area (Å²) in [7, 11) is 0. The number of rotatable bonds is 4. The van der Waals surface area contributed by atoms with Crippen LogP contribution in [-0.2, 0) is 4.79 Å². The number of benzene rings is 1. The maximum atomic E-state index is 12.6. The van der Waals surface area contributed by atoms with Crippen LogP contribution in [0.2, 0.25) is 0 Å². The molecule has 8 nitrogen and oxygen atoms in total. The van der Waals surface area contributed by atoms with Crippen LogP contribution in [0.15, 0.2) is 47.5 Å². The van der Waals surface area contributed by atoms with Gasteiger partial charge in [-0.2, -0.15) is 5.10 Å². The number of carbonyl (C=O) groups is 1. The fourth-order valence-corrected chi connectivity index (χ4v) is 3.86. The van der Waals surface area contributed by atoms with E-state index in [-0.39, 0.29) is 11.8 Å². The second-order valence-corrected chi connectivity index (χ2v) is 7.68. The highest BCUT2D eigenvalue weighted by Crippen LogP contribution is 2.26. The molecule has 144 valence electrons. The van der Waals surface area contributed by atoms with E-state index in [0.29, 0.717) is 5.82 Å². The van der Waals surface area contributed by atoms with Crippen LogP contribution < -0.4 is 10.2 Å². The minimum atomic E-state index is -0.00756. The van der Waals surface area contributed by atoms with E-state index < -0.39 is 0 Å². The standard InChI is InChI=1S/C19H20BrN7O/c1-13-2-3-16(15(20)10-13)23-19(28)14-6-8-26(9-7-14)17-4-5-18(25-24-17)27-12-21-11-22-27/h2-5,10-12,14H,6-9H2,1H3,(H,23,28). The first kappa shape index (κ1) is 18.5. The van der Waals surface area contributed by atoms with Crippen LogP contribution in [0, 0.1) is 12.8 Å². The van der Waals surface area contributed by atoms with Crippen molar-refractivity contribution in [3.05, 3.63) is 53.0 Å². The molecule has 3 aromatic rings. The molecular formula is C19H20BrN7O. The number of hydrogen-bond acceptors (Lipinski definition) is 6. The summed E-state index contributed by atoms with van der Waals surface area (Å²) in [5.74, 6) is 1.49. The normalized spacial score (nSPS) is 14.9. The van der Waals surface area contributed by atoms with Gasteiger partial charge in [-0.25, -0.2) is 9.67 Å². The lowest BCUT2D eigenvalue weighted by Gasteiger charge is -2.31. The van der Waals surface area contributed by atoms with Gasteiger partial charge >= 0.3 is 0 Å². The minimum absolute atomic E-state index is 0.00756. The molecule has 9 heteroatoms. The average molecular weight is 442 g/mol. The zero-order chi connectivity index (χ0) is 19.5. The second-order valence-electron chi connectivity index (χ2n) is 6.82. The van der Waals surface area contributed by atoms with E-state index in [1.807, 2.05) is 37.3 Å². The number of anilines is 2. The quantitative estimate of drug-likeness (QED) is 0.669. The molecule has 0 unspecified atom stereocenters. The minimum Gasteiger partial charge on any atom is -0.355 e. The third-order valence-electron chi connectivity index (χ3n) is 4.86. The van der Waals surface area contributed by atoms with Crippen molar-refractivity contribution in [1.82, 2.24) is 25.0 Å². The topological polar surface area (TPSA) is 88.8 Å². The lowest BCUT2D eigenvalue weighted by molar-refractivity contribution is -0.120. The highest BCUT2D eigenvalue weighted by molar-refractivity contribution is 9.10. The fourth-order valence-electron chi connectivity index (χ4n) is 3.26. The lowest BCUT2D eigenvalue weighted by atomic mass is 9.96. The van der Waals surface area contributed by atoms with E-state index in [0.717, 1.165) is 47.5 Å². The average Bonchev–Trinajstić information content (AvgIpc) is 3.25. The van der Waals surface area contributed by atoms with Crippen molar-refractivity contribution in [2.45, 2.75) is 19.8 Å². The number of nitrogens with one attached hydrogen (secondary N) is 1. The highest BCUT2D eigenvalue weighted by atomic mass is 79.9. The Labute approximate surface area is 171 Å². The molecule has 3 heterocycles. The molecule has 1 fully saturated rings. The van der Waals surface area contributed by atoms with Gasteiger partial charge in [-0.15, -0.1) is 10.2 Å². The molecular weight excluding hydrogens is 422 g/mol. The lowest BCUT2D eigenvalue weighted by Crippen LogP contribution is -2.38. The Morgan fingerprint density at radius 2 is 1.89 bits per heavy atom. The molecule has 0 bridgehead atoms. The van der Waals surface area contributed by atoms with E-state index in [2.05, 4.69) is 46.4 Å². The first-order valence-corrected chi connectivity index (χ1v) is 9.90. The maximum Gasteiger partial charge on any atom is 0.227 e. The molecule has 2 aromatic heterocycles. The van der Waals surface area contributed by atoms with E-state index in [4.69, 9.17) is 0 Å². The summed E-state index contributed by atoms with van der Waals surface area (Å²) in [6.07, 6.45) is 4.60. The third-order valence-corrected chi connectivity index (χ3v) is 5.52. The Morgan fingerprint density at radius 3 is 2.54 bits per heavy atom. The van der Waals surface area contributed by atoms with Gasteiger partial charge in [-0.1, -0.05) is 6.07 Å². The molecule has 1 aliphatic rings. The maximum absolute atomic E-state index is 12.6. The van der Waals surface area contributed by atoms with Gasteiger partial charge in [0.1, 0.15) is 12.7 Å². The molecule has 1 aromatic carbocycles. The molecule has 1 N–H and O–H groups in total. The van der Waals surface area contributed by atoms with Crippen molar-refractivity contribution >= 4 is 33.3 Å². The molecule has 0 spiro atoms. The predicted molar refractivity (Wildman–Crippen MR) is 109 cm³/mol. The monoisotopic (exact) mass is 441 g/mol. The van der Waals surface area contributed by atoms with Crippen LogP contribution in [0.5, 0.6) is 0 Å². The largest absolute Gasteiger partial charge is 0.355 e. The number of piperidine rings is 1. The van der Waals surface area contributed by atoms with Crippen molar-refractivity contribution in [3.63, 3.8) is 0 Å². The van der Waals surface area contributed by atoms with Gasteiger partial charge in [0.05, 0.1) is 5.69 Å². The highest BCUT2D eigenvalue weighted by Gasteiger charge is 2.26. The van der Waals surface area contributed by atoms with E-state index in [1.165, 1.54) is 6.33 Å². The fraction of sp³-hybridized carbons (Fsp3) is 0.316. The van der Waals surface area contributed by atoms with Crippen molar-refractivity contribution < 1.29 is 4.79 Å². The number of halogens is 1. The SMILES string of the molecule is Cc1ccc(NC(=O)C2CCN(c3ccc(-n4cncn4)nn3)CC2)c(Br)c1.